The molecule has 1 aliphatic heterocycles. The second-order valence-electron chi connectivity index (χ2n) is 3.53. The zero-order valence-electron chi connectivity index (χ0n) is 7.32. The molecule has 2 aliphatic rings. The first kappa shape index (κ1) is 8.93. The van der Waals surface area contributed by atoms with Crippen LogP contribution in [0, 0.1) is 0 Å². The Kier molecular flexibility index (Phi) is 2.48. The van der Waals surface area contributed by atoms with E-state index in [0.29, 0.717) is 19.2 Å². The van der Waals surface area contributed by atoms with E-state index in [4.69, 9.17) is 9.84 Å². The molecule has 0 aromatic carbocycles. The summed E-state index contributed by atoms with van der Waals surface area (Å²) in [6.45, 7) is 1.01. The van der Waals surface area contributed by atoms with Gasteiger partial charge in [0.25, 0.3) is 0 Å². The van der Waals surface area contributed by atoms with Crippen molar-refractivity contribution in [3.05, 3.63) is 0 Å². The fourth-order valence-electron chi connectivity index (χ4n) is 1.35. The van der Waals surface area contributed by atoms with Crippen LogP contribution in [0.3, 0.4) is 0 Å². The van der Waals surface area contributed by atoms with Gasteiger partial charge < -0.3 is 9.84 Å². The summed E-state index contributed by atoms with van der Waals surface area (Å²) < 4.78 is 5.56. The van der Waals surface area contributed by atoms with E-state index >= 15 is 0 Å². The highest BCUT2D eigenvalue weighted by atomic mass is 16.5. The van der Waals surface area contributed by atoms with Crippen molar-refractivity contribution in [2.45, 2.75) is 31.2 Å². The average Bonchev–Trinajstić information content (AvgIpc) is 2.89. The molecule has 0 radical (unpaired) electrons. The molecule has 5 nitrogen and oxygen atoms in total. The van der Waals surface area contributed by atoms with Gasteiger partial charge >= 0.3 is 5.97 Å². The van der Waals surface area contributed by atoms with Crippen LogP contribution in [-0.2, 0) is 9.53 Å². The Labute approximate surface area is 76.5 Å². The van der Waals surface area contributed by atoms with E-state index in [0.717, 1.165) is 12.8 Å². The number of carboxylic acids is 1. The monoisotopic (exact) mass is 186 g/mol. The molecule has 5 heteroatoms. The topological polar surface area (TPSA) is 70.6 Å². The molecule has 1 aliphatic carbocycles. The van der Waals surface area contributed by atoms with Crippen molar-refractivity contribution >= 4 is 5.97 Å². The van der Waals surface area contributed by atoms with E-state index in [1.807, 2.05) is 0 Å². The minimum Gasteiger partial charge on any atom is -0.480 e. The predicted octanol–water partition coefficient (Wildman–Crippen LogP) is -0.862. The minimum atomic E-state index is -0.808. The van der Waals surface area contributed by atoms with Gasteiger partial charge in [0, 0.05) is 13.1 Å². The van der Waals surface area contributed by atoms with Crippen molar-refractivity contribution in [1.29, 1.82) is 0 Å². The van der Waals surface area contributed by atoms with E-state index < -0.39 is 12.0 Å². The Morgan fingerprint density at radius 2 is 2.08 bits per heavy atom. The third kappa shape index (κ3) is 2.40. The van der Waals surface area contributed by atoms with E-state index in [1.54, 1.807) is 0 Å². The highest BCUT2D eigenvalue weighted by Gasteiger charge is 2.30. The fraction of sp³-hybridized carbons (Fsp3) is 0.875. The van der Waals surface area contributed by atoms with Crippen molar-refractivity contribution in [3.8, 4) is 0 Å². The molecule has 13 heavy (non-hydrogen) atoms. The molecular formula is C8H14N2O3. The Balaban J connectivity index is 1.71. The van der Waals surface area contributed by atoms with Gasteiger partial charge in [-0.25, -0.2) is 0 Å². The maximum Gasteiger partial charge on any atom is 0.322 e. The second-order valence-corrected chi connectivity index (χ2v) is 3.53. The van der Waals surface area contributed by atoms with Crippen molar-refractivity contribution in [2.75, 3.05) is 13.1 Å². The van der Waals surface area contributed by atoms with Crippen LogP contribution < -0.4 is 10.6 Å². The van der Waals surface area contributed by atoms with Crippen LogP contribution in [0.2, 0.25) is 0 Å². The molecule has 0 aromatic rings. The SMILES string of the molecule is O=C(O)C1CNC(OC2CC2)CN1. The number of ether oxygens (including phenoxy) is 1. The van der Waals surface area contributed by atoms with Crippen LogP contribution in [0.1, 0.15) is 12.8 Å². The molecule has 0 aromatic heterocycles. The van der Waals surface area contributed by atoms with Gasteiger partial charge in [-0.2, -0.15) is 0 Å². The smallest absolute Gasteiger partial charge is 0.322 e. The summed E-state index contributed by atoms with van der Waals surface area (Å²) >= 11 is 0. The summed E-state index contributed by atoms with van der Waals surface area (Å²) in [5.74, 6) is -0.808. The highest BCUT2D eigenvalue weighted by molar-refractivity contribution is 5.73. The summed E-state index contributed by atoms with van der Waals surface area (Å²) in [6.07, 6.45) is 2.67. The van der Waals surface area contributed by atoms with Crippen molar-refractivity contribution in [3.63, 3.8) is 0 Å². The number of aliphatic carboxylic acids is 1. The molecule has 2 unspecified atom stereocenters. The lowest BCUT2D eigenvalue weighted by Gasteiger charge is -2.28. The van der Waals surface area contributed by atoms with E-state index in [9.17, 15) is 4.79 Å². The number of nitrogens with one attached hydrogen (secondary N) is 2. The number of carbonyl (C=O) groups is 1. The van der Waals surface area contributed by atoms with E-state index in [-0.39, 0.29) is 6.23 Å². The Bertz CT molecular complexity index is 198. The van der Waals surface area contributed by atoms with Gasteiger partial charge in [-0.05, 0) is 12.8 Å². The Morgan fingerprint density at radius 1 is 1.31 bits per heavy atom. The average molecular weight is 186 g/mol. The summed E-state index contributed by atoms with van der Waals surface area (Å²) in [4.78, 5) is 10.6. The van der Waals surface area contributed by atoms with Crippen LogP contribution in [0.25, 0.3) is 0 Å². The molecule has 0 spiro atoms. The molecule has 0 amide bonds. The number of carboxylic acid groups (broad SMARTS) is 1. The molecule has 74 valence electrons. The lowest BCUT2D eigenvalue weighted by Crippen LogP contribution is -2.58. The third-order valence-electron chi connectivity index (χ3n) is 2.28. The van der Waals surface area contributed by atoms with Crippen molar-refractivity contribution in [2.24, 2.45) is 0 Å². The van der Waals surface area contributed by atoms with Crippen LogP contribution in [-0.4, -0.2) is 42.5 Å². The van der Waals surface area contributed by atoms with Crippen molar-refractivity contribution < 1.29 is 14.6 Å². The first-order chi connectivity index (χ1) is 6.25. The summed E-state index contributed by atoms with van der Waals surface area (Å²) in [6, 6.07) is -0.473. The van der Waals surface area contributed by atoms with Gasteiger partial charge in [0.2, 0.25) is 0 Å². The van der Waals surface area contributed by atoms with Gasteiger partial charge in [0.05, 0.1) is 6.10 Å². The first-order valence-corrected chi connectivity index (χ1v) is 4.61. The zero-order chi connectivity index (χ0) is 9.26. The molecule has 3 N–H and O–H groups in total. The number of piperazine rings is 1. The van der Waals surface area contributed by atoms with Gasteiger partial charge in [-0.1, -0.05) is 0 Å². The predicted molar refractivity (Wildman–Crippen MR) is 45.3 cm³/mol. The van der Waals surface area contributed by atoms with E-state index in [1.165, 1.54) is 0 Å². The van der Waals surface area contributed by atoms with Gasteiger partial charge in [-0.3, -0.25) is 15.4 Å². The molecule has 2 rings (SSSR count). The normalized spacial score (nSPS) is 34.5. The molecule has 0 bridgehead atoms. The van der Waals surface area contributed by atoms with Crippen LogP contribution in [0.5, 0.6) is 0 Å². The Morgan fingerprint density at radius 3 is 2.54 bits per heavy atom. The number of hydrogen-bond acceptors (Lipinski definition) is 4. The van der Waals surface area contributed by atoms with Gasteiger partial charge in [-0.15, -0.1) is 0 Å². The summed E-state index contributed by atoms with van der Waals surface area (Å²) in [5, 5.41) is 14.6. The van der Waals surface area contributed by atoms with Gasteiger partial charge in [0.15, 0.2) is 0 Å². The van der Waals surface area contributed by atoms with Crippen LogP contribution >= 0.6 is 0 Å². The van der Waals surface area contributed by atoms with E-state index in [2.05, 4.69) is 10.6 Å². The van der Waals surface area contributed by atoms with Crippen LogP contribution in [0.4, 0.5) is 0 Å². The van der Waals surface area contributed by atoms with Crippen LogP contribution in [0.15, 0.2) is 0 Å². The Hall–Kier alpha value is -0.650. The molecular weight excluding hydrogens is 172 g/mol. The molecule has 1 heterocycles. The first-order valence-electron chi connectivity index (χ1n) is 4.61. The maximum absolute atomic E-state index is 10.6. The highest BCUT2D eigenvalue weighted by Crippen LogP contribution is 2.24. The maximum atomic E-state index is 10.6. The largest absolute Gasteiger partial charge is 0.480 e. The lowest BCUT2D eigenvalue weighted by molar-refractivity contribution is -0.140. The van der Waals surface area contributed by atoms with Crippen molar-refractivity contribution in [1.82, 2.24) is 10.6 Å². The zero-order valence-corrected chi connectivity index (χ0v) is 7.32. The fourth-order valence-corrected chi connectivity index (χ4v) is 1.35. The lowest BCUT2D eigenvalue weighted by atomic mass is 10.2. The summed E-state index contributed by atoms with van der Waals surface area (Å²) in [7, 11) is 0. The molecule has 1 saturated carbocycles. The molecule has 2 fully saturated rings. The number of rotatable bonds is 3. The number of hydrogen-bond donors (Lipinski definition) is 3. The molecule has 1 saturated heterocycles. The third-order valence-corrected chi connectivity index (χ3v) is 2.28. The second kappa shape index (κ2) is 3.61. The molecule has 2 atom stereocenters. The standard InChI is InChI=1S/C8H14N2O3/c11-8(12)6-3-10-7(4-9-6)13-5-1-2-5/h5-7,9-10H,1-4H2,(H,11,12). The quantitative estimate of drug-likeness (QED) is 0.535. The summed E-state index contributed by atoms with van der Waals surface area (Å²) in [5.41, 5.74) is 0. The minimum absolute atomic E-state index is 0.0110. The van der Waals surface area contributed by atoms with Gasteiger partial charge in [0.1, 0.15) is 12.3 Å².